The van der Waals surface area contributed by atoms with Gasteiger partial charge in [-0.05, 0) is 30.5 Å². The van der Waals surface area contributed by atoms with Crippen molar-refractivity contribution < 1.29 is 14.3 Å². The second-order valence-electron chi connectivity index (χ2n) is 8.35. The highest BCUT2D eigenvalue weighted by molar-refractivity contribution is 6.83. The summed E-state index contributed by atoms with van der Waals surface area (Å²) in [6, 6.07) is 7.99. The molecule has 1 atom stereocenters. The molecule has 0 bridgehead atoms. The first kappa shape index (κ1) is 21.7. The second kappa shape index (κ2) is 9.18. The van der Waals surface area contributed by atoms with E-state index in [-0.39, 0.29) is 18.5 Å². The molecule has 0 radical (unpaired) electrons. The molecule has 2 aromatic rings. The number of nitrogens with zero attached hydrogens (tertiary/aromatic N) is 2. The maximum absolute atomic E-state index is 12.5. The molecule has 30 heavy (non-hydrogen) atoms. The topological polar surface area (TPSA) is 87.3 Å². The van der Waals surface area contributed by atoms with Crippen LogP contribution in [0.3, 0.4) is 0 Å². The van der Waals surface area contributed by atoms with E-state index in [1.807, 2.05) is 24.3 Å². The minimum absolute atomic E-state index is 0.0866. The van der Waals surface area contributed by atoms with Crippen molar-refractivity contribution in [2.75, 3.05) is 20.2 Å². The van der Waals surface area contributed by atoms with Crippen LogP contribution in [0.5, 0.6) is 0 Å². The van der Waals surface area contributed by atoms with Gasteiger partial charge in [0.2, 0.25) is 5.91 Å². The van der Waals surface area contributed by atoms with Crippen molar-refractivity contribution in [3.8, 4) is 22.7 Å². The molecule has 1 aromatic carbocycles. The van der Waals surface area contributed by atoms with Crippen LogP contribution >= 0.6 is 0 Å². The number of imidazole rings is 1. The Kier molecular flexibility index (Phi) is 6.62. The van der Waals surface area contributed by atoms with Crippen molar-refractivity contribution in [2.24, 2.45) is 0 Å². The number of benzene rings is 1. The summed E-state index contributed by atoms with van der Waals surface area (Å²) in [7, 11) is -0.127. The van der Waals surface area contributed by atoms with Crippen LogP contribution in [-0.2, 0) is 9.53 Å². The highest BCUT2D eigenvalue weighted by Crippen LogP contribution is 2.31. The average Bonchev–Trinajstić information content (AvgIpc) is 3.39. The lowest BCUT2D eigenvalue weighted by atomic mass is 10.1. The number of amides is 2. The predicted octanol–water partition coefficient (Wildman–Crippen LogP) is 3.33. The Morgan fingerprint density at radius 1 is 1.30 bits per heavy atom. The van der Waals surface area contributed by atoms with E-state index in [1.54, 1.807) is 11.1 Å². The van der Waals surface area contributed by atoms with E-state index in [0.717, 1.165) is 35.5 Å². The third kappa shape index (κ3) is 5.51. The number of ether oxygens (including phenoxy) is 1. The molecule has 2 N–H and O–H groups in total. The molecule has 7 nitrogen and oxygen atoms in total. The number of aromatic nitrogens is 2. The van der Waals surface area contributed by atoms with Crippen molar-refractivity contribution in [3.63, 3.8) is 0 Å². The van der Waals surface area contributed by atoms with E-state index in [2.05, 4.69) is 51.1 Å². The van der Waals surface area contributed by atoms with Gasteiger partial charge in [-0.3, -0.25) is 4.79 Å². The molecule has 0 spiro atoms. The van der Waals surface area contributed by atoms with Gasteiger partial charge in [-0.15, -0.1) is 5.54 Å². The largest absolute Gasteiger partial charge is 0.453 e. The zero-order valence-electron chi connectivity index (χ0n) is 17.9. The Bertz CT molecular complexity index is 967. The second-order valence-corrected chi connectivity index (χ2v) is 13.1. The van der Waals surface area contributed by atoms with E-state index in [0.29, 0.717) is 6.54 Å². The summed E-state index contributed by atoms with van der Waals surface area (Å²) in [5.74, 6) is 3.87. The maximum Gasteiger partial charge on any atom is 0.407 e. The van der Waals surface area contributed by atoms with Crippen molar-refractivity contribution in [3.05, 3.63) is 41.9 Å². The van der Waals surface area contributed by atoms with Gasteiger partial charge < -0.3 is 19.9 Å². The van der Waals surface area contributed by atoms with Crippen LogP contribution < -0.4 is 5.32 Å². The maximum atomic E-state index is 12.5. The first-order chi connectivity index (χ1) is 14.3. The summed E-state index contributed by atoms with van der Waals surface area (Å²) >= 11 is 0. The molecule has 3 rings (SSSR count). The number of methoxy groups -OCH3 is 1. The molecule has 1 fully saturated rings. The van der Waals surface area contributed by atoms with E-state index in [1.165, 1.54) is 7.11 Å². The van der Waals surface area contributed by atoms with Crippen molar-refractivity contribution in [2.45, 2.75) is 38.5 Å². The molecule has 0 saturated carbocycles. The Morgan fingerprint density at radius 3 is 2.70 bits per heavy atom. The number of carbonyl (C=O) groups is 2. The fraction of sp³-hybridized carbons (Fsp3) is 0.409. The zero-order valence-corrected chi connectivity index (χ0v) is 18.9. The molecular weight excluding hydrogens is 396 g/mol. The summed E-state index contributed by atoms with van der Waals surface area (Å²) in [6.45, 7) is 7.23. The molecule has 1 aliphatic rings. The Hall–Kier alpha value is -3.05. The first-order valence-corrected chi connectivity index (χ1v) is 13.6. The van der Waals surface area contributed by atoms with E-state index >= 15 is 0 Å². The van der Waals surface area contributed by atoms with E-state index in [9.17, 15) is 9.59 Å². The fourth-order valence-corrected chi connectivity index (χ4v) is 3.84. The predicted molar refractivity (Wildman–Crippen MR) is 118 cm³/mol. The number of hydrogen-bond donors (Lipinski definition) is 2. The molecule has 158 valence electrons. The molecule has 2 heterocycles. The number of carbonyl (C=O) groups excluding carboxylic acids is 2. The minimum atomic E-state index is -1.40. The van der Waals surface area contributed by atoms with Gasteiger partial charge >= 0.3 is 6.09 Å². The number of aromatic amines is 1. The average molecular weight is 425 g/mol. The standard InChI is InChI=1S/C22H28N4O3Si/c1-29-22(28)24-15-20(27)26-12-5-6-19(26)21-23-14-18(25-21)17-9-7-16(8-10-17)11-13-30(2,3)4/h7-10,14,19H,5-6,12,15H2,1-4H3,(H,23,25)(H,24,28)/t19-/m0/s1. The number of nitrogens with one attached hydrogen (secondary N) is 2. The molecule has 0 aliphatic carbocycles. The Balaban J connectivity index is 1.70. The third-order valence-corrected chi connectivity index (χ3v) is 5.71. The number of rotatable bonds is 4. The molecule has 1 saturated heterocycles. The number of H-pyrrole nitrogens is 1. The lowest BCUT2D eigenvalue weighted by Gasteiger charge is -2.23. The highest BCUT2D eigenvalue weighted by Gasteiger charge is 2.32. The van der Waals surface area contributed by atoms with E-state index in [4.69, 9.17) is 0 Å². The first-order valence-electron chi connectivity index (χ1n) is 10.1. The van der Waals surface area contributed by atoms with Crippen LogP contribution in [0.1, 0.15) is 30.3 Å². The van der Waals surface area contributed by atoms with E-state index < -0.39 is 14.2 Å². The van der Waals surface area contributed by atoms with Gasteiger partial charge in [0, 0.05) is 12.1 Å². The fourth-order valence-electron chi connectivity index (χ4n) is 3.32. The number of alkyl carbamates (subject to hydrolysis) is 1. The van der Waals surface area contributed by atoms with Crippen LogP contribution in [0.4, 0.5) is 4.79 Å². The number of likely N-dealkylation sites (tertiary alicyclic amines) is 1. The lowest BCUT2D eigenvalue weighted by Crippen LogP contribution is -2.40. The van der Waals surface area contributed by atoms with Gasteiger partial charge in [0.1, 0.15) is 20.4 Å². The smallest absolute Gasteiger partial charge is 0.407 e. The van der Waals surface area contributed by atoms with Gasteiger partial charge in [-0.1, -0.05) is 37.7 Å². The summed E-state index contributed by atoms with van der Waals surface area (Å²) in [5.41, 5.74) is 6.31. The molecule has 1 aromatic heterocycles. The molecule has 8 heteroatoms. The number of hydrogen-bond acceptors (Lipinski definition) is 4. The normalized spacial score (nSPS) is 16.0. The SMILES string of the molecule is COC(=O)NCC(=O)N1CCC[C@H]1c1ncc(-c2ccc(C#C[Si](C)(C)C)cc2)[nH]1. The van der Waals surface area contributed by atoms with Crippen LogP contribution in [0, 0.1) is 11.5 Å². The quantitative estimate of drug-likeness (QED) is 0.582. The third-order valence-electron chi connectivity index (χ3n) is 4.83. The minimum Gasteiger partial charge on any atom is -0.453 e. The Labute approximate surface area is 178 Å². The lowest BCUT2D eigenvalue weighted by molar-refractivity contribution is -0.131. The van der Waals surface area contributed by atoms with Crippen LogP contribution in [0.2, 0.25) is 19.6 Å². The highest BCUT2D eigenvalue weighted by atomic mass is 28.3. The van der Waals surface area contributed by atoms with Crippen molar-refractivity contribution in [1.82, 2.24) is 20.2 Å². The monoisotopic (exact) mass is 424 g/mol. The summed E-state index contributed by atoms with van der Waals surface area (Å²) < 4.78 is 4.52. The van der Waals surface area contributed by atoms with Crippen LogP contribution in [0.25, 0.3) is 11.3 Å². The van der Waals surface area contributed by atoms with Gasteiger partial charge in [0.25, 0.3) is 0 Å². The Morgan fingerprint density at radius 2 is 2.03 bits per heavy atom. The van der Waals surface area contributed by atoms with Gasteiger partial charge in [-0.2, -0.15) is 0 Å². The van der Waals surface area contributed by atoms with Crippen molar-refractivity contribution in [1.29, 1.82) is 0 Å². The summed E-state index contributed by atoms with van der Waals surface area (Å²) in [4.78, 5) is 33.4. The zero-order chi connectivity index (χ0) is 21.7. The molecule has 2 amide bonds. The molecule has 0 unspecified atom stereocenters. The van der Waals surface area contributed by atoms with Crippen LogP contribution in [-0.4, -0.2) is 55.1 Å². The molecular formula is C22H28N4O3Si. The molecule has 1 aliphatic heterocycles. The van der Waals surface area contributed by atoms with Crippen molar-refractivity contribution >= 4 is 20.1 Å². The van der Waals surface area contributed by atoms with Gasteiger partial charge in [0.05, 0.1) is 25.0 Å². The van der Waals surface area contributed by atoms with Gasteiger partial charge in [-0.25, -0.2) is 9.78 Å². The van der Waals surface area contributed by atoms with Gasteiger partial charge in [0.15, 0.2) is 0 Å². The van der Waals surface area contributed by atoms with Crippen LogP contribution in [0.15, 0.2) is 30.5 Å². The summed E-state index contributed by atoms with van der Waals surface area (Å²) in [5, 5.41) is 2.45. The summed E-state index contributed by atoms with van der Waals surface area (Å²) in [6.07, 6.45) is 2.92.